The van der Waals surface area contributed by atoms with Gasteiger partial charge >= 0.3 is 0 Å². The van der Waals surface area contributed by atoms with E-state index in [1.807, 2.05) is 25.9 Å². The standard InChI is InChI=1S/C14H26N4OS/c1-11-10-20-14(16-11)18-6-4-12(5-7-18)15-8-13(19)9-17(2)3/h10,12-13,15,19H,4-9H2,1-3H3. The highest BCUT2D eigenvalue weighted by Gasteiger charge is 2.21. The molecule has 0 aromatic carbocycles. The van der Waals surface area contributed by atoms with Gasteiger partial charge in [0, 0.05) is 37.6 Å². The Morgan fingerprint density at radius 3 is 2.75 bits per heavy atom. The summed E-state index contributed by atoms with van der Waals surface area (Å²) in [5.74, 6) is 0. The van der Waals surface area contributed by atoms with Gasteiger partial charge in [-0.15, -0.1) is 11.3 Å². The molecular weight excluding hydrogens is 272 g/mol. The fourth-order valence-electron chi connectivity index (χ4n) is 2.55. The summed E-state index contributed by atoms with van der Waals surface area (Å²) in [7, 11) is 3.97. The topological polar surface area (TPSA) is 51.6 Å². The fraction of sp³-hybridized carbons (Fsp3) is 0.786. The molecule has 114 valence electrons. The SMILES string of the molecule is Cc1csc(N2CCC(NCC(O)CN(C)C)CC2)n1. The summed E-state index contributed by atoms with van der Waals surface area (Å²) in [5.41, 5.74) is 1.11. The number of anilines is 1. The molecule has 0 spiro atoms. The number of thiazole rings is 1. The van der Waals surface area contributed by atoms with Gasteiger partial charge in [0.2, 0.25) is 0 Å². The largest absolute Gasteiger partial charge is 0.390 e. The van der Waals surface area contributed by atoms with Crippen LogP contribution in [0.5, 0.6) is 0 Å². The molecule has 1 unspecified atom stereocenters. The Balaban J connectivity index is 1.69. The summed E-state index contributed by atoms with van der Waals surface area (Å²) in [6.45, 7) is 5.53. The molecule has 1 aliphatic rings. The Labute approximate surface area is 125 Å². The average molecular weight is 298 g/mol. The number of aromatic nitrogens is 1. The van der Waals surface area contributed by atoms with Crippen LogP contribution < -0.4 is 10.2 Å². The van der Waals surface area contributed by atoms with E-state index < -0.39 is 0 Å². The third-order valence-electron chi connectivity index (χ3n) is 3.59. The third kappa shape index (κ3) is 4.70. The summed E-state index contributed by atoms with van der Waals surface area (Å²) in [6.07, 6.45) is 1.95. The van der Waals surface area contributed by atoms with Crippen LogP contribution in [-0.4, -0.2) is 67.4 Å². The number of hydrogen-bond acceptors (Lipinski definition) is 6. The van der Waals surface area contributed by atoms with Gasteiger partial charge in [-0.1, -0.05) is 0 Å². The number of likely N-dealkylation sites (N-methyl/N-ethyl adjacent to an activating group) is 1. The predicted octanol–water partition coefficient (Wildman–Crippen LogP) is 0.932. The highest BCUT2D eigenvalue weighted by atomic mass is 32.1. The van der Waals surface area contributed by atoms with E-state index in [2.05, 4.69) is 20.6 Å². The van der Waals surface area contributed by atoms with Crippen molar-refractivity contribution in [2.24, 2.45) is 0 Å². The molecule has 6 heteroatoms. The van der Waals surface area contributed by atoms with E-state index in [1.165, 1.54) is 0 Å². The smallest absolute Gasteiger partial charge is 0.185 e. The Hall–Kier alpha value is -0.690. The first kappa shape index (κ1) is 15.7. The predicted molar refractivity (Wildman–Crippen MR) is 84.6 cm³/mol. The highest BCUT2D eigenvalue weighted by molar-refractivity contribution is 7.13. The van der Waals surface area contributed by atoms with Crippen LogP contribution in [0.1, 0.15) is 18.5 Å². The van der Waals surface area contributed by atoms with Gasteiger partial charge in [0.1, 0.15) is 0 Å². The van der Waals surface area contributed by atoms with Crippen molar-refractivity contribution < 1.29 is 5.11 Å². The van der Waals surface area contributed by atoms with Gasteiger partial charge in [-0.25, -0.2) is 4.98 Å². The summed E-state index contributed by atoms with van der Waals surface area (Å²) in [6, 6.07) is 0.518. The third-order valence-corrected chi connectivity index (χ3v) is 4.61. The van der Waals surface area contributed by atoms with Crippen molar-refractivity contribution >= 4 is 16.5 Å². The Morgan fingerprint density at radius 1 is 1.50 bits per heavy atom. The molecule has 2 heterocycles. The molecule has 0 saturated carbocycles. The molecule has 1 aliphatic heterocycles. The molecule has 1 fully saturated rings. The van der Waals surface area contributed by atoms with Crippen LogP contribution in [0, 0.1) is 6.92 Å². The molecule has 0 bridgehead atoms. The van der Waals surface area contributed by atoms with Crippen molar-refractivity contribution in [3.63, 3.8) is 0 Å². The monoisotopic (exact) mass is 298 g/mol. The van der Waals surface area contributed by atoms with Crippen molar-refractivity contribution in [2.45, 2.75) is 31.9 Å². The number of nitrogens with zero attached hydrogens (tertiary/aromatic N) is 3. The van der Waals surface area contributed by atoms with Gasteiger partial charge in [0.15, 0.2) is 5.13 Å². The number of aliphatic hydroxyl groups is 1. The van der Waals surface area contributed by atoms with E-state index in [9.17, 15) is 5.11 Å². The number of nitrogens with one attached hydrogen (secondary N) is 1. The number of piperidine rings is 1. The van der Waals surface area contributed by atoms with Crippen molar-refractivity contribution in [2.75, 3.05) is 45.2 Å². The first-order valence-electron chi connectivity index (χ1n) is 7.28. The van der Waals surface area contributed by atoms with E-state index >= 15 is 0 Å². The van der Waals surface area contributed by atoms with Crippen LogP contribution in [0.3, 0.4) is 0 Å². The van der Waals surface area contributed by atoms with Crippen LogP contribution >= 0.6 is 11.3 Å². The molecule has 0 amide bonds. The lowest BCUT2D eigenvalue weighted by Gasteiger charge is -2.32. The Morgan fingerprint density at radius 2 is 2.20 bits per heavy atom. The lowest BCUT2D eigenvalue weighted by Crippen LogP contribution is -2.46. The van der Waals surface area contributed by atoms with Crippen LogP contribution in [-0.2, 0) is 0 Å². The van der Waals surface area contributed by atoms with E-state index in [1.54, 1.807) is 11.3 Å². The zero-order valence-corrected chi connectivity index (χ0v) is 13.5. The van der Waals surface area contributed by atoms with Gasteiger partial charge in [0.05, 0.1) is 11.8 Å². The lowest BCUT2D eigenvalue weighted by molar-refractivity contribution is 0.130. The Bertz CT molecular complexity index is 402. The molecule has 2 N–H and O–H groups in total. The number of rotatable bonds is 6. The zero-order valence-electron chi connectivity index (χ0n) is 12.7. The first-order chi connectivity index (χ1) is 9.54. The molecule has 1 saturated heterocycles. The van der Waals surface area contributed by atoms with E-state index in [4.69, 9.17) is 0 Å². The van der Waals surface area contributed by atoms with Crippen molar-refractivity contribution in [1.82, 2.24) is 15.2 Å². The summed E-state index contributed by atoms with van der Waals surface area (Å²) in [4.78, 5) is 8.93. The summed E-state index contributed by atoms with van der Waals surface area (Å²) in [5, 5.41) is 16.6. The van der Waals surface area contributed by atoms with Gasteiger partial charge in [-0.2, -0.15) is 0 Å². The minimum absolute atomic E-state index is 0.287. The number of hydrogen-bond donors (Lipinski definition) is 2. The Kier molecular flexibility index (Phi) is 5.77. The molecule has 1 atom stereocenters. The minimum Gasteiger partial charge on any atom is -0.390 e. The maximum absolute atomic E-state index is 9.86. The minimum atomic E-state index is -0.287. The molecule has 2 rings (SSSR count). The molecule has 20 heavy (non-hydrogen) atoms. The quantitative estimate of drug-likeness (QED) is 0.818. The lowest BCUT2D eigenvalue weighted by atomic mass is 10.1. The second-order valence-electron chi connectivity index (χ2n) is 5.86. The second-order valence-corrected chi connectivity index (χ2v) is 6.69. The van der Waals surface area contributed by atoms with E-state index in [-0.39, 0.29) is 6.10 Å². The number of aryl methyl sites for hydroxylation is 1. The molecular formula is C14H26N4OS. The van der Waals surface area contributed by atoms with Crippen molar-refractivity contribution in [3.8, 4) is 0 Å². The van der Waals surface area contributed by atoms with Crippen LogP contribution in [0.2, 0.25) is 0 Å². The molecule has 5 nitrogen and oxygen atoms in total. The molecule has 0 radical (unpaired) electrons. The van der Waals surface area contributed by atoms with Gasteiger partial charge in [0.25, 0.3) is 0 Å². The highest BCUT2D eigenvalue weighted by Crippen LogP contribution is 2.23. The van der Waals surface area contributed by atoms with E-state index in [0.29, 0.717) is 19.1 Å². The maximum Gasteiger partial charge on any atom is 0.185 e. The summed E-state index contributed by atoms with van der Waals surface area (Å²) < 4.78 is 0. The van der Waals surface area contributed by atoms with Crippen molar-refractivity contribution in [3.05, 3.63) is 11.1 Å². The normalized spacial score (nSPS) is 18.8. The number of aliphatic hydroxyl groups excluding tert-OH is 1. The van der Waals surface area contributed by atoms with Gasteiger partial charge < -0.3 is 20.2 Å². The first-order valence-corrected chi connectivity index (χ1v) is 8.16. The van der Waals surface area contributed by atoms with Gasteiger partial charge in [-0.05, 0) is 33.9 Å². The van der Waals surface area contributed by atoms with Crippen molar-refractivity contribution in [1.29, 1.82) is 0 Å². The van der Waals surface area contributed by atoms with Crippen LogP contribution in [0.15, 0.2) is 5.38 Å². The van der Waals surface area contributed by atoms with E-state index in [0.717, 1.165) is 36.8 Å². The summed E-state index contributed by atoms with van der Waals surface area (Å²) >= 11 is 1.73. The maximum atomic E-state index is 9.86. The molecule has 1 aromatic heterocycles. The fourth-order valence-corrected chi connectivity index (χ4v) is 3.41. The van der Waals surface area contributed by atoms with Crippen LogP contribution in [0.4, 0.5) is 5.13 Å². The average Bonchev–Trinajstić information content (AvgIpc) is 2.83. The van der Waals surface area contributed by atoms with Crippen LogP contribution in [0.25, 0.3) is 0 Å². The van der Waals surface area contributed by atoms with Gasteiger partial charge in [-0.3, -0.25) is 0 Å². The molecule has 0 aliphatic carbocycles. The molecule has 1 aromatic rings. The zero-order chi connectivity index (χ0) is 14.5. The second kappa shape index (κ2) is 7.36.